The molecule has 0 saturated carbocycles. The van der Waals surface area contributed by atoms with Crippen LogP contribution in [-0.2, 0) is 4.79 Å². The molecular weight excluding hydrogens is 355 g/mol. The summed E-state index contributed by atoms with van der Waals surface area (Å²) in [6, 6.07) is 0.307. The molecule has 0 spiro atoms. The van der Waals surface area contributed by atoms with E-state index in [-0.39, 0.29) is 42.0 Å². The first kappa shape index (κ1) is 20.8. The zero-order chi connectivity index (χ0) is 14.3. The van der Waals surface area contributed by atoms with Crippen LogP contribution >= 0.6 is 24.0 Å². The highest BCUT2D eigenvalue weighted by Crippen LogP contribution is 1.99. The van der Waals surface area contributed by atoms with Crippen molar-refractivity contribution >= 4 is 35.8 Å². The Kier molecular flexibility index (Phi) is 10.3. The molecule has 0 fully saturated rings. The predicted octanol–water partition coefficient (Wildman–Crippen LogP) is 1.73. The van der Waals surface area contributed by atoms with E-state index in [1.54, 1.807) is 7.05 Å². The Morgan fingerprint density at radius 1 is 1.21 bits per heavy atom. The van der Waals surface area contributed by atoms with Gasteiger partial charge < -0.3 is 16.0 Å². The predicted molar refractivity (Wildman–Crippen MR) is 92.1 cm³/mol. The van der Waals surface area contributed by atoms with E-state index < -0.39 is 0 Å². The number of guanidine groups is 1. The monoisotopic (exact) mass is 384 g/mol. The van der Waals surface area contributed by atoms with E-state index in [9.17, 15) is 4.79 Å². The van der Waals surface area contributed by atoms with E-state index in [1.165, 1.54) is 0 Å². The first-order chi connectivity index (χ1) is 8.15. The second kappa shape index (κ2) is 9.39. The summed E-state index contributed by atoms with van der Waals surface area (Å²) >= 11 is 0. The fraction of sp³-hybridized carbons (Fsp3) is 0.846. The van der Waals surface area contributed by atoms with Crippen LogP contribution < -0.4 is 16.0 Å². The summed E-state index contributed by atoms with van der Waals surface area (Å²) in [6.45, 7) is 12.5. The molecule has 0 aliphatic carbocycles. The van der Waals surface area contributed by atoms with E-state index in [4.69, 9.17) is 0 Å². The molecule has 0 aromatic heterocycles. The molecule has 1 unspecified atom stereocenters. The lowest BCUT2D eigenvalue weighted by molar-refractivity contribution is -0.121. The summed E-state index contributed by atoms with van der Waals surface area (Å²) in [7, 11) is 1.70. The number of nitrogens with one attached hydrogen (secondary N) is 3. The molecule has 0 aromatic carbocycles. The Morgan fingerprint density at radius 2 is 1.74 bits per heavy atom. The molecule has 19 heavy (non-hydrogen) atoms. The van der Waals surface area contributed by atoms with E-state index in [0.29, 0.717) is 17.9 Å². The lowest BCUT2D eigenvalue weighted by atomic mass is 10.1. The Balaban J connectivity index is 0. The smallest absolute Gasteiger partial charge is 0.239 e. The molecule has 1 atom stereocenters. The minimum atomic E-state index is -0.207. The fourth-order valence-electron chi connectivity index (χ4n) is 1.20. The Labute approximate surface area is 134 Å². The van der Waals surface area contributed by atoms with Crippen LogP contribution in [-0.4, -0.2) is 37.0 Å². The summed E-state index contributed by atoms with van der Waals surface area (Å²) in [5.41, 5.74) is -0.207. The van der Waals surface area contributed by atoms with Gasteiger partial charge in [0.2, 0.25) is 5.91 Å². The number of hydrogen-bond donors (Lipinski definition) is 3. The van der Waals surface area contributed by atoms with E-state index >= 15 is 0 Å². The van der Waals surface area contributed by atoms with Crippen molar-refractivity contribution in [3.63, 3.8) is 0 Å². The number of hydrogen-bond acceptors (Lipinski definition) is 2. The summed E-state index contributed by atoms with van der Waals surface area (Å²) in [5, 5.41) is 9.14. The average molecular weight is 384 g/mol. The molecule has 114 valence electrons. The molecule has 5 nitrogen and oxygen atoms in total. The number of rotatable bonds is 4. The molecule has 1 amide bonds. The molecule has 3 N–H and O–H groups in total. The zero-order valence-electron chi connectivity index (χ0n) is 13.1. The van der Waals surface area contributed by atoms with Crippen LogP contribution in [0.1, 0.15) is 41.5 Å². The molecule has 0 bridgehead atoms. The fourth-order valence-corrected chi connectivity index (χ4v) is 1.20. The Bertz CT molecular complexity index is 298. The third-order valence-corrected chi connectivity index (χ3v) is 2.52. The van der Waals surface area contributed by atoms with Gasteiger partial charge in [0.1, 0.15) is 0 Å². The van der Waals surface area contributed by atoms with Crippen LogP contribution in [0.25, 0.3) is 0 Å². The second-order valence-corrected chi connectivity index (χ2v) is 5.90. The number of halogens is 1. The normalized spacial score (nSPS) is 13.6. The van der Waals surface area contributed by atoms with Crippen molar-refractivity contribution < 1.29 is 4.79 Å². The molecule has 0 rings (SSSR count). The highest BCUT2D eigenvalue weighted by Gasteiger charge is 2.14. The summed E-state index contributed by atoms with van der Waals surface area (Å²) in [4.78, 5) is 15.7. The van der Waals surface area contributed by atoms with Crippen molar-refractivity contribution in [2.75, 3.05) is 13.6 Å². The lowest BCUT2D eigenvalue weighted by Crippen LogP contribution is -2.50. The molecular formula is C13H29IN4O. The van der Waals surface area contributed by atoms with Gasteiger partial charge in [-0.05, 0) is 33.6 Å². The maximum atomic E-state index is 11.6. The first-order valence-corrected chi connectivity index (χ1v) is 6.44. The quantitative estimate of drug-likeness (QED) is 0.393. The Hall–Kier alpha value is -0.530. The van der Waals surface area contributed by atoms with Gasteiger partial charge in [-0.25, -0.2) is 0 Å². The topological polar surface area (TPSA) is 65.5 Å². The third kappa shape index (κ3) is 11.0. The summed E-state index contributed by atoms with van der Waals surface area (Å²) < 4.78 is 0. The SMILES string of the molecule is CN=C(NCC(=O)NC(C)(C)C)NC(C)C(C)C.I. The molecule has 0 aliphatic heterocycles. The maximum Gasteiger partial charge on any atom is 0.239 e. The average Bonchev–Trinajstić information content (AvgIpc) is 2.21. The van der Waals surface area contributed by atoms with Crippen molar-refractivity contribution in [1.29, 1.82) is 0 Å². The summed E-state index contributed by atoms with van der Waals surface area (Å²) in [6.07, 6.45) is 0. The molecule has 0 saturated heterocycles. The number of nitrogens with zero attached hydrogens (tertiary/aromatic N) is 1. The van der Waals surface area contributed by atoms with Gasteiger partial charge in [-0.2, -0.15) is 0 Å². The van der Waals surface area contributed by atoms with Crippen LogP contribution in [0.5, 0.6) is 0 Å². The van der Waals surface area contributed by atoms with Crippen molar-refractivity contribution in [3.05, 3.63) is 0 Å². The van der Waals surface area contributed by atoms with Crippen molar-refractivity contribution in [2.24, 2.45) is 10.9 Å². The number of carbonyl (C=O) groups is 1. The third-order valence-electron chi connectivity index (χ3n) is 2.52. The van der Waals surface area contributed by atoms with Gasteiger partial charge in [0.25, 0.3) is 0 Å². The standard InChI is InChI=1S/C13H28N4O.HI/c1-9(2)10(3)16-12(14-7)15-8-11(18)17-13(4,5)6;/h9-10H,8H2,1-7H3,(H,17,18)(H2,14,15,16);1H. The van der Waals surface area contributed by atoms with Crippen LogP contribution in [0, 0.1) is 5.92 Å². The summed E-state index contributed by atoms with van der Waals surface area (Å²) in [5.74, 6) is 1.12. The van der Waals surface area contributed by atoms with Gasteiger partial charge in [-0.15, -0.1) is 24.0 Å². The largest absolute Gasteiger partial charge is 0.354 e. The van der Waals surface area contributed by atoms with Crippen LogP contribution in [0.3, 0.4) is 0 Å². The van der Waals surface area contributed by atoms with E-state index in [1.807, 2.05) is 20.8 Å². The van der Waals surface area contributed by atoms with Gasteiger partial charge in [0.05, 0.1) is 6.54 Å². The minimum absolute atomic E-state index is 0. The number of amides is 1. The van der Waals surface area contributed by atoms with Gasteiger partial charge in [0.15, 0.2) is 5.96 Å². The van der Waals surface area contributed by atoms with Gasteiger partial charge in [-0.1, -0.05) is 13.8 Å². The molecule has 6 heteroatoms. The van der Waals surface area contributed by atoms with Crippen molar-refractivity contribution in [2.45, 2.75) is 53.1 Å². The molecule has 0 aromatic rings. The lowest BCUT2D eigenvalue weighted by Gasteiger charge is -2.23. The highest BCUT2D eigenvalue weighted by molar-refractivity contribution is 14.0. The zero-order valence-corrected chi connectivity index (χ0v) is 15.5. The van der Waals surface area contributed by atoms with Crippen molar-refractivity contribution in [1.82, 2.24) is 16.0 Å². The van der Waals surface area contributed by atoms with Gasteiger partial charge in [-0.3, -0.25) is 9.79 Å². The number of carbonyl (C=O) groups excluding carboxylic acids is 1. The van der Waals surface area contributed by atoms with E-state index in [2.05, 4.69) is 41.7 Å². The Morgan fingerprint density at radius 3 is 2.11 bits per heavy atom. The van der Waals surface area contributed by atoms with Crippen molar-refractivity contribution in [3.8, 4) is 0 Å². The molecule has 0 aliphatic rings. The van der Waals surface area contributed by atoms with Crippen LogP contribution in [0.2, 0.25) is 0 Å². The molecule has 0 radical (unpaired) electrons. The minimum Gasteiger partial charge on any atom is -0.354 e. The highest BCUT2D eigenvalue weighted by atomic mass is 127. The second-order valence-electron chi connectivity index (χ2n) is 5.90. The molecule has 0 heterocycles. The van der Waals surface area contributed by atoms with Gasteiger partial charge in [0, 0.05) is 18.6 Å². The number of aliphatic imine (C=N–C) groups is 1. The first-order valence-electron chi connectivity index (χ1n) is 6.44. The maximum absolute atomic E-state index is 11.6. The van der Waals surface area contributed by atoms with Crippen LogP contribution in [0.15, 0.2) is 4.99 Å². The van der Waals surface area contributed by atoms with Gasteiger partial charge >= 0.3 is 0 Å². The van der Waals surface area contributed by atoms with Crippen LogP contribution in [0.4, 0.5) is 0 Å². The van der Waals surface area contributed by atoms with E-state index in [0.717, 1.165) is 0 Å².